The lowest BCUT2D eigenvalue weighted by atomic mass is 9.96. The molecule has 0 amide bonds. The molecule has 25 heavy (non-hydrogen) atoms. The zero-order chi connectivity index (χ0) is 18.4. The van der Waals surface area contributed by atoms with Crippen LogP contribution in [-0.4, -0.2) is 15.3 Å². The summed E-state index contributed by atoms with van der Waals surface area (Å²) in [6.45, 7) is 4.06. The van der Waals surface area contributed by atoms with Crippen LogP contribution in [0.25, 0.3) is 0 Å². The molecule has 0 fully saturated rings. The number of hydrogen-bond donors (Lipinski definition) is 3. The quantitative estimate of drug-likeness (QED) is 0.563. The lowest BCUT2D eigenvalue weighted by Gasteiger charge is -2.13. The van der Waals surface area contributed by atoms with Crippen LogP contribution in [0, 0.1) is 5.92 Å². The predicted octanol–water partition coefficient (Wildman–Crippen LogP) is 5.03. The maximum Gasteiger partial charge on any atom is 0.132 e. The molecule has 134 valence electrons. The molecule has 0 aliphatic heterocycles. The van der Waals surface area contributed by atoms with Gasteiger partial charge in [-0.15, -0.1) is 5.73 Å². The van der Waals surface area contributed by atoms with Crippen molar-refractivity contribution >= 4 is 15.9 Å². The van der Waals surface area contributed by atoms with E-state index in [1.807, 2.05) is 13.8 Å². The Hall–Kier alpha value is -1.78. The lowest BCUT2D eigenvalue weighted by molar-refractivity contribution is 0.147. The summed E-state index contributed by atoms with van der Waals surface area (Å²) in [7, 11) is 0. The van der Waals surface area contributed by atoms with Gasteiger partial charge in [-0.1, -0.05) is 29.8 Å². The molecule has 5 heteroatoms. The van der Waals surface area contributed by atoms with Gasteiger partial charge in [-0.2, -0.15) is 0 Å². The van der Waals surface area contributed by atoms with Gasteiger partial charge in [0.1, 0.15) is 17.6 Å². The fourth-order valence-corrected chi connectivity index (χ4v) is 2.85. The molecule has 1 aromatic carbocycles. The highest BCUT2D eigenvalue weighted by Crippen LogP contribution is 2.30. The summed E-state index contributed by atoms with van der Waals surface area (Å²) in [6, 6.07) is 8.44. The fourth-order valence-electron chi connectivity index (χ4n) is 2.47. The van der Waals surface area contributed by atoms with Crippen LogP contribution >= 0.6 is 15.9 Å². The van der Waals surface area contributed by atoms with Crippen molar-refractivity contribution in [1.82, 2.24) is 0 Å². The van der Waals surface area contributed by atoms with Gasteiger partial charge in [0.15, 0.2) is 0 Å². The fraction of sp³-hybridized carbons (Fsp3) is 0.350. The first kappa shape index (κ1) is 19.5. The van der Waals surface area contributed by atoms with Crippen molar-refractivity contribution < 1.29 is 19.7 Å². The van der Waals surface area contributed by atoms with Crippen LogP contribution in [0.1, 0.15) is 50.2 Å². The van der Waals surface area contributed by atoms with E-state index in [1.54, 1.807) is 36.4 Å². The molecule has 0 aliphatic rings. The number of phenolic OH excluding ortho intramolecular Hbond substituents is 1. The van der Waals surface area contributed by atoms with Gasteiger partial charge in [-0.25, -0.2) is 0 Å². The van der Waals surface area contributed by atoms with Gasteiger partial charge in [0.25, 0.3) is 0 Å². The van der Waals surface area contributed by atoms with E-state index >= 15 is 0 Å². The first-order valence-electron chi connectivity index (χ1n) is 8.20. The Bertz CT molecular complexity index is 743. The van der Waals surface area contributed by atoms with Gasteiger partial charge in [0.05, 0.1) is 12.4 Å². The third-order valence-corrected chi connectivity index (χ3v) is 4.45. The van der Waals surface area contributed by atoms with Crippen molar-refractivity contribution in [3.8, 4) is 5.75 Å². The summed E-state index contributed by atoms with van der Waals surface area (Å²) in [4.78, 5) is 0. The number of hydrogen-bond acceptors (Lipinski definition) is 4. The Morgan fingerprint density at radius 1 is 1.24 bits per heavy atom. The third-order valence-electron chi connectivity index (χ3n) is 3.96. The van der Waals surface area contributed by atoms with Crippen LogP contribution < -0.4 is 0 Å². The maximum absolute atomic E-state index is 10.3. The predicted molar refractivity (Wildman–Crippen MR) is 100 cm³/mol. The van der Waals surface area contributed by atoms with Gasteiger partial charge in [-0.3, -0.25) is 0 Å². The summed E-state index contributed by atoms with van der Waals surface area (Å²) >= 11 is 3.33. The molecule has 3 N–H and O–H groups in total. The third kappa shape index (κ3) is 5.62. The lowest BCUT2D eigenvalue weighted by Crippen LogP contribution is -2.02. The summed E-state index contributed by atoms with van der Waals surface area (Å²) in [5.74, 6) is 0.793. The van der Waals surface area contributed by atoms with Gasteiger partial charge in [0, 0.05) is 22.9 Å². The van der Waals surface area contributed by atoms with Gasteiger partial charge < -0.3 is 19.7 Å². The Balaban J connectivity index is 2.09. The van der Waals surface area contributed by atoms with E-state index in [4.69, 9.17) is 4.42 Å². The minimum absolute atomic E-state index is 0.0606. The molecular weight excluding hydrogens is 384 g/mol. The molecule has 0 bridgehead atoms. The van der Waals surface area contributed by atoms with E-state index in [0.29, 0.717) is 24.2 Å². The molecule has 2 rings (SSSR count). The van der Waals surface area contributed by atoms with E-state index in [0.717, 1.165) is 10.0 Å². The standard InChI is InChI=1S/C20H23BrO4/c1-13(2)14(11-19(24)20-7-4-10-25-20)5-3-6-17(22)16-12-15(21)8-9-18(16)23/h3-4,7-10,12-13,17,19,22-24H,6,11H2,1-2H3/t5?,17-,19-/m1/s1. The van der Waals surface area contributed by atoms with Crippen molar-refractivity contribution in [3.63, 3.8) is 0 Å². The minimum Gasteiger partial charge on any atom is -0.508 e. The van der Waals surface area contributed by atoms with Crippen molar-refractivity contribution in [1.29, 1.82) is 0 Å². The number of benzene rings is 1. The van der Waals surface area contributed by atoms with Gasteiger partial charge in [0.2, 0.25) is 0 Å². The van der Waals surface area contributed by atoms with E-state index in [1.165, 1.54) is 6.26 Å². The Labute approximate surface area is 156 Å². The molecule has 0 saturated heterocycles. The zero-order valence-corrected chi connectivity index (χ0v) is 15.9. The second kappa shape index (κ2) is 9.07. The molecule has 0 spiro atoms. The van der Waals surface area contributed by atoms with Crippen molar-refractivity contribution in [3.05, 3.63) is 69.8 Å². The molecule has 2 aromatic rings. The first-order valence-corrected chi connectivity index (χ1v) is 8.99. The number of aliphatic hydroxyl groups excluding tert-OH is 2. The second-order valence-corrected chi connectivity index (χ2v) is 7.13. The smallest absolute Gasteiger partial charge is 0.132 e. The van der Waals surface area contributed by atoms with Crippen molar-refractivity contribution in [2.24, 2.45) is 5.92 Å². The van der Waals surface area contributed by atoms with Crippen LogP contribution in [0.5, 0.6) is 5.75 Å². The largest absolute Gasteiger partial charge is 0.508 e. The molecule has 0 unspecified atom stereocenters. The highest BCUT2D eigenvalue weighted by Gasteiger charge is 2.15. The van der Waals surface area contributed by atoms with Gasteiger partial charge in [-0.05, 0) is 47.9 Å². The molecule has 0 radical (unpaired) electrons. The summed E-state index contributed by atoms with van der Waals surface area (Å²) < 4.78 is 6.02. The average Bonchev–Trinajstić information content (AvgIpc) is 3.10. The SMILES string of the molecule is CC(C)C(=C=CC[C@@H](O)c1cc(Br)ccc1O)C[C@@H](O)c1ccco1. The van der Waals surface area contributed by atoms with E-state index in [-0.39, 0.29) is 11.7 Å². The molecule has 1 heterocycles. The number of furan rings is 1. The Kier molecular flexibility index (Phi) is 7.09. The molecule has 0 aliphatic carbocycles. The highest BCUT2D eigenvalue weighted by atomic mass is 79.9. The topological polar surface area (TPSA) is 73.8 Å². The van der Waals surface area contributed by atoms with Crippen LogP contribution in [0.15, 0.2) is 62.9 Å². The van der Waals surface area contributed by atoms with Crippen LogP contribution in [-0.2, 0) is 0 Å². The van der Waals surface area contributed by atoms with Gasteiger partial charge >= 0.3 is 0 Å². The Morgan fingerprint density at radius 2 is 2.00 bits per heavy atom. The van der Waals surface area contributed by atoms with Crippen LogP contribution in [0.4, 0.5) is 0 Å². The van der Waals surface area contributed by atoms with Crippen molar-refractivity contribution in [2.45, 2.75) is 38.9 Å². The molecule has 4 nitrogen and oxygen atoms in total. The first-order chi connectivity index (χ1) is 11.9. The Morgan fingerprint density at radius 3 is 2.64 bits per heavy atom. The molecule has 2 atom stereocenters. The minimum atomic E-state index is -0.826. The number of phenols is 1. The average molecular weight is 407 g/mol. The summed E-state index contributed by atoms with van der Waals surface area (Å²) in [6.07, 6.45) is 2.47. The van der Waals surface area contributed by atoms with E-state index in [2.05, 4.69) is 21.7 Å². The van der Waals surface area contributed by atoms with E-state index < -0.39 is 12.2 Å². The second-order valence-electron chi connectivity index (χ2n) is 6.22. The van der Waals surface area contributed by atoms with Crippen LogP contribution in [0.3, 0.4) is 0 Å². The van der Waals surface area contributed by atoms with Crippen LogP contribution in [0.2, 0.25) is 0 Å². The maximum atomic E-state index is 10.3. The highest BCUT2D eigenvalue weighted by molar-refractivity contribution is 9.10. The molecular formula is C20H23BrO4. The normalized spacial score (nSPS) is 13.4. The summed E-state index contributed by atoms with van der Waals surface area (Å²) in [5.41, 5.74) is 4.59. The molecule has 1 aromatic heterocycles. The summed E-state index contributed by atoms with van der Waals surface area (Å²) in [5, 5.41) is 30.4. The number of rotatable bonds is 7. The molecule has 0 saturated carbocycles. The van der Waals surface area contributed by atoms with Crippen molar-refractivity contribution in [2.75, 3.05) is 0 Å². The zero-order valence-electron chi connectivity index (χ0n) is 14.3. The number of aromatic hydroxyl groups is 1. The van der Waals surface area contributed by atoms with E-state index in [9.17, 15) is 15.3 Å². The number of halogens is 1. The monoisotopic (exact) mass is 406 g/mol. The number of aliphatic hydroxyl groups is 2.